The van der Waals surface area contributed by atoms with E-state index < -0.39 is 17.9 Å². The second-order valence-electron chi connectivity index (χ2n) is 3.75. The molecule has 0 aliphatic heterocycles. The van der Waals surface area contributed by atoms with Crippen molar-refractivity contribution in [2.24, 2.45) is 5.73 Å². The molecule has 16 heavy (non-hydrogen) atoms. The molecule has 0 aromatic heterocycles. The molecule has 4 heteroatoms. The minimum Gasteiger partial charge on any atom is -0.481 e. The molecule has 0 heterocycles. The maximum absolute atomic E-state index is 10.9. The van der Waals surface area contributed by atoms with E-state index in [0.29, 0.717) is 6.42 Å². The fourth-order valence-corrected chi connectivity index (χ4v) is 1.63. The number of carboxylic acids is 1. The van der Waals surface area contributed by atoms with Crippen LogP contribution in [0.4, 0.5) is 0 Å². The minimum absolute atomic E-state index is 0.116. The third-order valence-corrected chi connectivity index (χ3v) is 2.67. The van der Waals surface area contributed by atoms with Gasteiger partial charge in [0.05, 0.1) is 18.6 Å². The maximum Gasteiger partial charge on any atom is 0.310 e. The molecule has 2 atom stereocenters. The molecule has 1 aromatic rings. The zero-order valence-electron chi connectivity index (χ0n) is 9.26. The predicted octanol–water partition coefficient (Wildman–Crippen LogP) is 1.26. The van der Waals surface area contributed by atoms with E-state index in [0.717, 1.165) is 11.1 Å². The molecular weight excluding hydrogens is 206 g/mol. The van der Waals surface area contributed by atoms with Crippen LogP contribution in [0.15, 0.2) is 24.3 Å². The average Bonchev–Trinajstić information content (AvgIpc) is 2.29. The minimum atomic E-state index is -0.818. The van der Waals surface area contributed by atoms with Crippen molar-refractivity contribution < 1.29 is 15.0 Å². The summed E-state index contributed by atoms with van der Waals surface area (Å²) in [6.45, 7) is 1.72. The Morgan fingerprint density at radius 3 is 2.19 bits per heavy atom. The first-order valence-corrected chi connectivity index (χ1v) is 5.29. The van der Waals surface area contributed by atoms with Gasteiger partial charge in [-0.1, -0.05) is 31.2 Å². The number of carbonyl (C=O) groups is 1. The molecule has 0 radical (unpaired) electrons. The molecular formula is C12H17NO3. The fourth-order valence-electron chi connectivity index (χ4n) is 1.63. The largest absolute Gasteiger partial charge is 0.481 e. The Morgan fingerprint density at radius 1 is 1.31 bits per heavy atom. The van der Waals surface area contributed by atoms with Crippen LogP contribution >= 0.6 is 0 Å². The summed E-state index contributed by atoms with van der Waals surface area (Å²) in [5.41, 5.74) is 7.23. The summed E-state index contributed by atoms with van der Waals surface area (Å²) < 4.78 is 0. The van der Waals surface area contributed by atoms with Crippen molar-refractivity contribution in [3.05, 3.63) is 35.4 Å². The van der Waals surface area contributed by atoms with Crippen molar-refractivity contribution in [2.45, 2.75) is 25.3 Å². The number of benzene rings is 1. The van der Waals surface area contributed by atoms with E-state index in [-0.39, 0.29) is 6.61 Å². The number of aliphatic hydroxyl groups is 1. The van der Waals surface area contributed by atoms with Gasteiger partial charge in [-0.25, -0.2) is 0 Å². The molecule has 0 bridgehead atoms. The second-order valence-corrected chi connectivity index (χ2v) is 3.75. The highest BCUT2D eigenvalue weighted by Gasteiger charge is 2.17. The molecule has 88 valence electrons. The molecule has 0 saturated heterocycles. The third-order valence-electron chi connectivity index (χ3n) is 2.67. The first-order chi connectivity index (χ1) is 7.60. The number of hydrogen-bond acceptors (Lipinski definition) is 3. The highest BCUT2D eigenvalue weighted by atomic mass is 16.4. The Morgan fingerprint density at radius 2 is 1.81 bits per heavy atom. The highest BCUT2D eigenvalue weighted by Crippen LogP contribution is 2.21. The normalized spacial score (nSPS) is 14.4. The molecule has 4 N–H and O–H groups in total. The first-order valence-electron chi connectivity index (χ1n) is 5.29. The maximum atomic E-state index is 10.9. The Labute approximate surface area is 94.7 Å². The van der Waals surface area contributed by atoms with Crippen LogP contribution in [0.1, 0.15) is 36.4 Å². The zero-order valence-corrected chi connectivity index (χ0v) is 9.26. The van der Waals surface area contributed by atoms with Crippen molar-refractivity contribution in [3.8, 4) is 0 Å². The van der Waals surface area contributed by atoms with Crippen molar-refractivity contribution in [1.82, 2.24) is 0 Å². The highest BCUT2D eigenvalue weighted by molar-refractivity contribution is 5.75. The Balaban J connectivity index is 2.89. The topological polar surface area (TPSA) is 83.5 Å². The lowest BCUT2D eigenvalue weighted by Crippen LogP contribution is -2.15. The Kier molecular flexibility index (Phi) is 4.46. The third kappa shape index (κ3) is 2.81. The summed E-state index contributed by atoms with van der Waals surface area (Å²) in [4.78, 5) is 10.9. The molecule has 0 spiro atoms. The van der Waals surface area contributed by atoms with Gasteiger partial charge in [0.1, 0.15) is 0 Å². The number of carboxylic acid groups (broad SMARTS) is 1. The number of nitrogens with two attached hydrogens (primary N) is 1. The van der Waals surface area contributed by atoms with Crippen LogP contribution in [0.5, 0.6) is 0 Å². The van der Waals surface area contributed by atoms with Gasteiger partial charge in [-0.15, -0.1) is 0 Å². The lowest BCUT2D eigenvalue weighted by Gasteiger charge is -2.12. The second kappa shape index (κ2) is 5.63. The van der Waals surface area contributed by atoms with Gasteiger partial charge in [0, 0.05) is 0 Å². The summed E-state index contributed by atoms with van der Waals surface area (Å²) in [6, 6.07) is 6.64. The van der Waals surface area contributed by atoms with Crippen LogP contribution in [0.2, 0.25) is 0 Å². The van der Waals surface area contributed by atoms with Crippen LogP contribution in [0.3, 0.4) is 0 Å². The van der Waals surface area contributed by atoms with E-state index in [4.69, 9.17) is 15.9 Å². The van der Waals surface area contributed by atoms with E-state index >= 15 is 0 Å². The van der Waals surface area contributed by atoms with Gasteiger partial charge < -0.3 is 15.9 Å². The molecule has 4 nitrogen and oxygen atoms in total. The van der Waals surface area contributed by atoms with Crippen LogP contribution in [0.25, 0.3) is 0 Å². The lowest BCUT2D eigenvalue weighted by atomic mass is 9.95. The van der Waals surface area contributed by atoms with Crippen LogP contribution < -0.4 is 5.73 Å². The van der Waals surface area contributed by atoms with Crippen molar-refractivity contribution in [2.75, 3.05) is 6.61 Å². The smallest absolute Gasteiger partial charge is 0.310 e. The average molecular weight is 223 g/mol. The van der Waals surface area contributed by atoms with Crippen molar-refractivity contribution in [3.63, 3.8) is 0 Å². The summed E-state index contributed by atoms with van der Waals surface area (Å²) in [5, 5.41) is 17.9. The number of hydrogen-bond donors (Lipinski definition) is 3. The van der Waals surface area contributed by atoms with Crippen LogP contribution in [-0.2, 0) is 4.79 Å². The molecule has 1 rings (SSSR count). The van der Waals surface area contributed by atoms with Gasteiger partial charge in [-0.2, -0.15) is 0 Å². The zero-order chi connectivity index (χ0) is 12.1. The molecule has 1 unspecified atom stereocenters. The van der Waals surface area contributed by atoms with E-state index in [1.165, 1.54) is 0 Å². The lowest BCUT2D eigenvalue weighted by molar-refractivity contribution is -0.138. The molecule has 0 saturated carbocycles. The van der Waals surface area contributed by atoms with Gasteiger partial charge in [0.25, 0.3) is 0 Å². The Hall–Kier alpha value is -1.39. The molecule has 0 aliphatic rings. The van der Waals surface area contributed by atoms with Crippen LogP contribution in [-0.4, -0.2) is 22.8 Å². The molecule has 0 aliphatic carbocycles. The molecule has 0 fully saturated rings. The monoisotopic (exact) mass is 223 g/mol. The van der Waals surface area contributed by atoms with Gasteiger partial charge in [0.2, 0.25) is 0 Å². The van der Waals surface area contributed by atoms with Crippen molar-refractivity contribution in [1.29, 1.82) is 0 Å². The summed E-state index contributed by atoms with van der Waals surface area (Å²) in [7, 11) is 0. The number of rotatable bonds is 5. The first kappa shape index (κ1) is 12.7. The molecule has 1 aromatic carbocycles. The van der Waals surface area contributed by atoms with Gasteiger partial charge in [-0.05, 0) is 17.5 Å². The van der Waals surface area contributed by atoms with Crippen molar-refractivity contribution >= 4 is 5.97 Å². The number of aliphatic carboxylic acids is 1. The van der Waals surface area contributed by atoms with Gasteiger partial charge >= 0.3 is 5.97 Å². The van der Waals surface area contributed by atoms with Gasteiger partial charge in [-0.3, -0.25) is 4.79 Å². The van der Waals surface area contributed by atoms with E-state index in [2.05, 4.69) is 0 Å². The number of aliphatic hydroxyl groups excluding tert-OH is 1. The van der Waals surface area contributed by atoms with Gasteiger partial charge in [0.15, 0.2) is 0 Å². The summed E-state index contributed by atoms with van der Waals surface area (Å²) in [6.07, 6.45) is 0.556. The standard InChI is InChI=1S/C12H17NO3/c1-2-10(12(15)16)8-3-5-9(6-4-8)11(13)7-14/h3-6,10-11,14H,2,7,13H2,1H3,(H,15,16)/t10?,11-/m1/s1. The van der Waals surface area contributed by atoms with Crippen LogP contribution in [0, 0.1) is 0 Å². The quantitative estimate of drug-likeness (QED) is 0.701. The van der Waals surface area contributed by atoms with E-state index in [1.807, 2.05) is 6.92 Å². The summed E-state index contributed by atoms with van der Waals surface area (Å²) >= 11 is 0. The molecule has 0 amide bonds. The Bertz CT molecular complexity index is 348. The van der Waals surface area contributed by atoms with E-state index in [9.17, 15) is 4.79 Å². The predicted molar refractivity (Wildman–Crippen MR) is 61.1 cm³/mol. The fraction of sp³-hybridized carbons (Fsp3) is 0.417. The SMILES string of the molecule is CCC(C(=O)O)c1ccc([C@H](N)CO)cc1. The van der Waals surface area contributed by atoms with E-state index in [1.54, 1.807) is 24.3 Å². The summed E-state index contributed by atoms with van der Waals surface area (Å²) in [5.74, 6) is -1.29.